The van der Waals surface area contributed by atoms with Gasteiger partial charge in [0.1, 0.15) is 12.0 Å². The summed E-state index contributed by atoms with van der Waals surface area (Å²) in [4.78, 5) is 8.28. The highest BCUT2D eigenvalue weighted by Gasteiger charge is 2.11. The number of nitrogens with zero attached hydrogens (tertiary/aromatic N) is 2. The Hall–Kier alpha value is -1.92. The molecule has 0 unspecified atom stereocenters. The van der Waals surface area contributed by atoms with Crippen LogP contribution >= 0.6 is 46.4 Å². The first-order valence-electron chi connectivity index (χ1n) is 6.98. The van der Waals surface area contributed by atoms with Gasteiger partial charge < -0.3 is 16.4 Å². The lowest BCUT2D eigenvalue weighted by molar-refractivity contribution is 1.17. The van der Waals surface area contributed by atoms with Crippen LogP contribution in [0.1, 0.15) is 0 Å². The highest BCUT2D eigenvalue weighted by molar-refractivity contribution is 6.35. The highest BCUT2D eigenvalue weighted by atomic mass is 35.5. The lowest BCUT2D eigenvalue weighted by Crippen LogP contribution is -2.05. The molecule has 0 aliphatic rings. The molecule has 0 saturated carbocycles. The van der Waals surface area contributed by atoms with Gasteiger partial charge in [-0.2, -0.15) is 0 Å². The third-order valence-electron chi connectivity index (χ3n) is 3.19. The maximum atomic E-state index is 6.15. The fourth-order valence-corrected chi connectivity index (χ4v) is 2.94. The molecular formula is C16H11Cl4N5. The number of aromatic nitrogens is 2. The second-order valence-electron chi connectivity index (χ2n) is 5.02. The second-order valence-corrected chi connectivity index (χ2v) is 6.73. The molecule has 0 bridgehead atoms. The number of anilines is 5. The molecule has 0 radical (unpaired) electrons. The van der Waals surface area contributed by atoms with E-state index in [2.05, 4.69) is 20.6 Å². The van der Waals surface area contributed by atoms with E-state index in [0.717, 1.165) is 0 Å². The molecule has 3 rings (SSSR count). The number of nitrogen functional groups attached to an aromatic ring is 1. The lowest BCUT2D eigenvalue weighted by atomic mass is 10.3. The van der Waals surface area contributed by atoms with Crippen molar-refractivity contribution in [2.75, 3.05) is 16.4 Å². The van der Waals surface area contributed by atoms with Gasteiger partial charge in [0.2, 0.25) is 0 Å². The van der Waals surface area contributed by atoms with Gasteiger partial charge in [-0.3, -0.25) is 0 Å². The van der Waals surface area contributed by atoms with Gasteiger partial charge in [-0.1, -0.05) is 46.4 Å². The average Bonchev–Trinajstić information content (AvgIpc) is 2.54. The molecule has 128 valence electrons. The molecule has 0 amide bonds. The van der Waals surface area contributed by atoms with Crippen molar-refractivity contribution in [1.29, 1.82) is 0 Å². The first kappa shape index (κ1) is 17.9. The molecule has 1 aromatic heterocycles. The fraction of sp³-hybridized carbons (Fsp3) is 0. The summed E-state index contributed by atoms with van der Waals surface area (Å²) in [7, 11) is 0. The molecule has 4 N–H and O–H groups in total. The molecule has 0 spiro atoms. The summed E-state index contributed by atoms with van der Waals surface area (Å²) in [5.41, 5.74) is 7.68. The number of hydrogen-bond donors (Lipinski definition) is 3. The van der Waals surface area contributed by atoms with E-state index in [1.807, 2.05) is 0 Å². The number of nitrogens with two attached hydrogens (primary N) is 1. The highest BCUT2D eigenvalue weighted by Crippen LogP contribution is 2.33. The van der Waals surface area contributed by atoms with Crippen LogP contribution in [0.4, 0.5) is 28.7 Å². The van der Waals surface area contributed by atoms with Crippen molar-refractivity contribution in [2.45, 2.75) is 0 Å². The van der Waals surface area contributed by atoms with Crippen LogP contribution in [0.3, 0.4) is 0 Å². The van der Waals surface area contributed by atoms with Gasteiger partial charge in [0.25, 0.3) is 0 Å². The minimum atomic E-state index is 0.301. The molecule has 3 aromatic rings. The van der Waals surface area contributed by atoms with Crippen LogP contribution in [0, 0.1) is 0 Å². The van der Waals surface area contributed by atoms with Gasteiger partial charge in [0.05, 0.1) is 10.7 Å². The molecule has 1 heterocycles. The van der Waals surface area contributed by atoms with E-state index in [1.54, 1.807) is 36.4 Å². The summed E-state index contributed by atoms with van der Waals surface area (Å²) in [6.07, 6.45) is 1.37. The maximum Gasteiger partial charge on any atom is 0.159 e. The standard InChI is InChI=1S/C16H11Cl4N5/c17-8-1-2-12(20)13(6-8)25-16-14(21)15(22-7-23-16)24-11-4-9(18)3-10(19)5-11/h1-7H,21H2,(H2,22,23,24,25). The molecule has 0 saturated heterocycles. The number of halogens is 4. The van der Waals surface area contributed by atoms with Gasteiger partial charge in [-0.05, 0) is 36.4 Å². The third-order valence-corrected chi connectivity index (χ3v) is 4.19. The van der Waals surface area contributed by atoms with E-state index in [0.29, 0.717) is 48.8 Å². The summed E-state index contributed by atoms with van der Waals surface area (Å²) in [6.45, 7) is 0. The van der Waals surface area contributed by atoms with Crippen molar-refractivity contribution < 1.29 is 0 Å². The Morgan fingerprint density at radius 1 is 0.760 bits per heavy atom. The third kappa shape index (κ3) is 4.38. The molecule has 5 nitrogen and oxygen atoms in total. The van der Waals surface area contributed by atoms with E-state index >= 15 is 0 Å². The Morgan fingerprint density at radius 3 is 2.08 bits per heavy atom. The molecule has 0 aliphatic carbocycles. The summed E-state index contributed by atoms with van der Waals surface area (Å²) in [5.74, 6) is 0.781. The quantitative estimate of drug-likeness (QED) is 0.476. The monoisotopic (exact) mass is 413 g/mol. The van der Waals surface area contributed by atoms with Crippen molar-refractivity contribution in [2.24, 2.45) is 0 Å². The molecule has 2 aromatic carbocycles. The topological polar surface area (TPSA) is 75.9 Å². The minimum Gasteiger partial charge on any atom is -0.393 e. The van der Waals surface area contributed by atoms with Gasteiger partial charge in [-0.25, -0.2) is 9.97 Å². The van der Waals surface area contributed by atoms with Crippen LogP contribution < -0.4 is 16.4 Å². The summed E-state index contributed by atoms with van der Waals surface area (Å²) in [5, 5.41) is 8.11. The normalized spacial score (nSPS) is 10.6. The molecule has 0 atom stereocenters. The van der Waals surface area contributed by atoms with Crippen LogP contribution in [0.5, 0.6) is 0 Å². The Kier molecular flexibility index (Phi) is 5.39. The first-order valence-corrected chi connectivity index (χ1v) is 8.49. The summed E-state index contributed by atoms with van der Waals surface area (Å²) in [6, 6.07) is 10.1. The summed E-state index contributed by atoms with van der Waals surface area (Å²) >= 11 is 24.1. The van der Waals surface area contributed by atoms with Gasteiger partial charge in [-0.15, -0.1) is 0 Å². The van der Waals surface area contributed by atoms with Crippen molar-refractivity contribution >= 4 is 75.1 Å². The van der Waals surface area contributed by atoms with Crippen LogP contribution in [0.25, 0.3) is 0 Å². The molecule has 25 heavy (non-hydrogen) atoms. The Balaban J connectivity index is 1.90. The van der Waals surface area contributed by atoms with Crippen molar-refractivity contribution in [3.8, 4) is 0 Å². The predicted octanol–water partition coefficient (Wildman–Crippen LogP) is 6.16. The van der Waals surface area contributed by atoms with Crippen LogP contribution in [-0.4, -0.2) is 9.97 Å². The number of benzene rings is 2. The Bertz CT molecular complexity index is 912. The largest absolute Gasteiger partial charge is 0.393 e. The minimum absolute atomic E-state index is 0.301. The molecule has 0 fully saturated rings. The first-order chi connectivity index (χ1) is 11.9. The number of hydrogen-bond acceptors (Lipinski definition) is 5. The average molecular weight is 415 g/mol. The lowest BCUT2D eigenvalue weighted by Gasteiger charge is -2.14. The zero-order valence-corrected chi connectivity index (χ0v) is 15.5. The van der Waals surface area contributed by atoms with Crippen molar-refractivity contribution in [1.82, 2.24) is 9.97 Å². The number of rotatable bonds is 4. The Morgan fingerprint density at radius 2 is 1.40 bits per heavy atom. The molecule has 0 aliphatic heterocycles. The van der Waals surface area contributed by atoms with E-state index in [9.17, 15) is 0 Å². The van der Waals surface area contributed by atoms with E-state index in [1.165, 1.54) is 6.33 Å². The second kappa shape index (κ2) is 7.54. The Labute approximate surface area is 164 Å². The van der Waals surface area contributed by atoms with E-state index in [-0.39, 0.29) is 0 Å². The number of nitrogens with one attached hydrogen (secondary N) is 2. The van der Waals surface area contributed by atoms with Crippen molar-refractivity contribution in [3.05, 3.63) is 62.8 Å². The zero-order chi connectivity index (χ0) is 18.0. The molecular weight excluding hydrogens is 404 g/mol. The van der Waals surface area contributed by atoms with Crippen molar-refractivity contribution in [3.63, 3.8) is 0 Å². The van der Waals surface area contributed by atoms with Gasteiger partial charge in [0.15, 0.2) is 11.6 Å². The predicted molar refractivity (Wildman–Crippen MR) is 106 cm³/mol. The van der Waals surface area contributed by atoms with E-state index in [4.69, 9.17) is 52.1 Å². The maximum absolute atomic E-state index is 6.15. The molecule has 9 heteroatoms. The van der Waals surface area contributed by atoms with Crippen LogP contribution in [0.2, 0.25) is 20.1 Å². The SMILES string of the molecule is Nc1c(Nc2cc(Cl)cc(Cl)c2)ncnc1Nc1cc(Cl)ccc1Cl. The van der Waals surface area contributed by atoms with E-state index < -0.39 is 0 Å². The fourth-order valence-electron chi connectivity index (χ4n) is 2.08. The van der Waals surface area contributed by atoms with Crippen LogP contribution in [0.15, 0.2) is 42.7 Å². The summed E-state index contributed by atoms with van der Waals surface area (Å²) < 4.78 is 0. The zero-order valence-electron chi connectivity index (χ0n) is 12.5. The van der Waals surface area contributed by atoms with Crippen LogP contribution in [-0.2, 0) is 0 Å². The van der Waals surface area contributed by atoms with Gasteiger partial charge >= 0.3 is 0 Å². The smallest absolute Gasteiger partial charge is 0.159 e. The van der Waals surface area contributed by atoms with Gasteiger partial charge in [0, 0.05) is 20.8 Å².